The predicted molar refractivity (Wildman–Crippen MR) is 110 cm³/mol. The van der Waals surface area contributed by atoms with Crippen LogP contribution in [0.1, 0.15) is 38.8 Å². The second kappa shape index (κ2) is 8.78. The van der Waals surface area contributed by atoms with Crippen molar-refractivity contribution in [3.63, 3.8) is 0 Å². The number of carbonyl (C=O) groups excluding carboxylic acids is 2. The first kappa shape index (κ1) is 21.3. The highest BCUT2D eigenvalue weighted by atomic mass is 16.6. The largest absolute Gasteiger partial charge is 0.453 e. The van der Waals surface area contributed by atoms with Crippen molar-refractivity contribution in [2.45, 2.75) is 38.8 Å². The van der Waals surface area contributed by atoms with Crippen LogP contribution in [0.25, 0.3) is 10.9 Å². The average Bonchev–Trinajstić information content (AvgIpc) is 3.02. The molecule has 1 aromatic carbocycles. The molecule has 6 heteroatoms. The van der Waals surface area contributed by atoms with E-state index in [4.69, 9.17) is 9.47 Å². The number of rotatable bonds is 6. The van der Waals surface area contributed by atoms with E-state index in [2.05, 4.69) is 13.2 Å². The van der Waals surface area contributed by atoms with Crippen LogP contribution < -0.4 is 0 Å². The Labute approximate surface area is 166 Å². The van der Waals surface area contributed by atoms with Crippen LogP contribution in [-0.4, -0.2) is 40.9 Å². The summed E-state index contributed by atoms with van der Waals surface area (Å²) in [7, 11) is 1.34. The summed E-state index contributed by atoms with van der Waals surface area (Å²) in [5.74, 6) is 0. The summed E-state index contributed by atoms with van der Waals surface area (Å²) in [6.07, 6.45) is 4.65. The van der Waals surface area contributed by atoms with Crippen molar-refractivity contribution >= 4 is 23.1 Å². The van der Waals surface area contributed by atoms with Crippen LogP contribution in [0, 0.1) is 0 Å². The van der Waals surface area contributed by atoms with Gasteiger partial charge in [-0.05, 0) is 33.3 Å². The van der Waals surface area contributed by atoms with Gasteiger partial charge in [-0.25, -0.2) is 9.59 Å². The lowest BCUT2D eigenvalue weighted by atomic mass is 10.0. The van der Waals surface area contributed by atoms with E-state index in [0.29, 0.717) is 18.5 Å². The molecule has 0 spiro atoms. The van der Waals surface area contributed by atoms with Crippen molar-refractivity contribution in [2.75, 3.05) is 13.7 Å². The van der Waals surface area contributed by atoms with Gasteiger partial charge in [0.1, 0.15) is 5.60 Å². The smallest absolute Gasteiger partial charge is 0.419 e. The Morgan fingerprint density at radius 3 is 2.46 bits per heavy atom. The quantitative estimate of drug-likeness (QED) is 0.635. The maximum atomic E-state index is 12.8. The number of para-hydroxylation sites is 1. The number of aromatic nitrogens is 1. The molecule has 0 N–H and O–H groups in total. The van der Waals surface area contributed by atoms with Crippen molar-refractivity contribution < 1.29 is 19.1 Å². The third kappa shape index (κ3) is 4.63. The molecule has 0 saturated carbocycles. The van der Waals surface area contributed by atoms with Gasteiger partial charge in [0.05, 0.1) is 18.7 Å². The van der Waals surface area contributed by atoms with Crippen molar-refractivity contribution in [3.05, 3.63) is 61.3 Å². The van der Waals surface area contributed by atoms with Gasteiger partial charge in [-0.3, -0.25) is 9.47 Å². The molecule has 6 nitrogen and oxygen atoms in total. The summed E-state index contributed by atoms with van der Waals surface area (Å²) in [5, 5.41) is 0.859. The molecule has 0 aliphatic heterocycles. The van der Waals surface area contributed by atoms with Gasteiger partial charge >= 0.3 is 12.2 Å². The van der Waals surface area contributed by atoms with E-state index in [0.717, 1.165) is 10.9 Å². The number of fused-ring (bicyclic) bond motifs is 1. The van der Waals surface area contributed by atoms with Gasteiger partial charge in [-0.1, -0.05) is 30.4 Å². The van der Waals surface area contributed by atoms with Crippen molar-refractivity contribution in [1.29, 1.82) is 0 Å². The van der Waals surface area contributed by atoms with Gasteiger partial charge < -0.3 is 9.47 Å². The zero-order valence-corrected chi connectivity index (χ0v) is 17.0. The Bertz CT molecular complexity index is 876. The summed E-state index contributed by atoms with van der Waals surface area (Å²) in [5.41, 5.74) is 0.905. The highest BCUT2D eigenvalue weighted by molar-refractivity contribution is 5.92. The van der Waals surface area contributed by atoms with Crippen LogP contribution in [-0.2, 0) is 9.47 Å². The number of benzene rings is 1. The molecule has 1 atom stereocenters. The third-order valence-corrected chi connectivity index (χ3v) is 4.19. The van der Waals surface area contributed by atoms with Gasteiger partial charge in [-0.2, -0.15) is 0 Å². The normalized spacial score (nSPS) is 12.3. The van der Waals surface area contributed by atoms with E-state index in [9.17, 15) is 9.59 Å². The molecule has 0 aliphatic carbocycles. The van der Waals surface area contributed by atoms with E-state index >= 15 is 0 Å². The first-order valence-corrected chi connectivity index (χ1v) is 9.13. The highest BCUT2D eigenvalue weighted by Gasteiger charge is 2.29. The van der Waals surface area contributed by atoms with Gasteiger partial charge in [-0.15, -0.1) is 13.2 Å². The minimum atomic E-state index is -0.621. The minimum absolute atomic E-state index is 0.303. The van der Waals surface area contributed by atoms with E-state index in [-0.39, 0.29) is 6.04 Å². The Morgan fingerprint density at radius 1 is 1.21 bits per heavy atom. The molecule has 1 unspecified atom stereocenters. The molecule has 1 aromatic heterocycles. The van der Waals surface area contributed by atoms with Gasteiger partial charge in [0.15, 0.2) is 0 Å². The summed E-state index contributed by atoms with van der Waals surface area (Å²) < 4.78 is 12.0. The van der Waals surface area contributed by atoms with Crippen LogP contribution >= 0.6 is 0 Å². The Balaban J connectivity index is 2.62. The number of methoxy groups -OCH3 is 1. The number of hydrogen-bond acceptors (Lipinski definition) is 4. The van der Waals surface area contributed by atoms with Crippen LogP contribution in [0.2, 0.25) is 0 Å². The number of amides is 1. The Morgan fingerprint density at radius 2 is 1.89 bits per heavy atom. The Kier molecular flexibility index (Phi) is 6.67. The fourth-order valence-electron chi connectivity index (χ4n) is 3.10. The number of ether oxygens (including phenoxy) is 2. The molecule has 1 amide bonds. The first-order chi connectivity index (χ1) is 13.2. The molecule has 0 radical (unpaired) electrons. The lowest BCUT2D eigenvalue weighted by molar-refractivity contribution is 0.0544. The zero-order valence-electron chi connectivity index (χ0n) is 17.0. The van der Waals surface area contributed by atoms with Crippen LogP contribution in [0.15, 0.2) is 55.8 Å². The molecule has 0 saturated heterocycles. The summed E-state index contributed by atoms with van der Waals surface area (Å²) in [6, 6.07) is 7.16. The van der Waals surface area contributed by atoms with Crippen LogP contribution in [0.3, 0.4) is 0 Å². The van der Waals surface area contributed by atoms with E-state index in [1.54, 1.807) is 23.2 Å². The monoisotopic (exact) mass is 384 g/mol. The van der Waals surface area contributed by atoms with Crippen LogP contribution in [0.5, 0.6) is 0 Å². The van der Waals surface area contributed by atoms with E-state index in [1.165, 1.54) is 11.7 Å². The lowest BCUT2D eigenvalue weighted by Crippen LogP contribution is -2.35. The van der Waals surface area contributed by atoms with E-state index < -0.39 is 17.8 Å². The number of nitrogens with zero attached hydrogens (tertiary/aromatic N) is 2. The second-order valence-electron chi connectivity index (χ2n) is 7.40. The maximum Gasteiger partial charge on any atom is 0.419 e. The molecule has 0 aliphatic rings. The molecule has 1 heterocycles. The Hall–Kier alpha value is -3.02. The van der Waals surface area contributed by atoms with Crippen molar-refractivity contribution in [1.82, 2.24) is 9.47 Å². The fourth-order valence-corrected chi connectivity index (χ4v) is 3.10. The summed E-state index contributed by atoms with van der Waals surface area (Å²) in [4.78, 5) is 26.7. The number of hydrogen-bond donors (Lipinski definition) is 0. The highest BCUT2D eigenvalue weighted by Crippen LogP contribution is 2.33. The molecule has 0 bridgehead atoms. The minimum Gasteiger partial charge on any atom is -0.453 e. The maximum absolute atomic E-state index is 12.8. The fraction of sp³-hybridized carbons (Fsp3) is 0.364. The third-order valence-electron chi connectivity index (χ3n) is 4.19. The second-order valence-corrected chi connectivity index (χ2v) is 7.40. The van der Waals surface area contributed by atoms with Gasteiger partial charge in [0.25, 0.3) is 0 Å². The molecular formula is C22H28N2O4. The zero-order chi connectivity index (χ0) is 20.9. The standard InChI is InChI=1S/C22H28N2O4/c1-7-11-18(23(14-8-2)20(25)27-6)17-15-24(21(26)28-22(3,4)5)19-13-10-9-12-16(17)19/h7-10,12-13,15,18H,1-2,11,14H2,3-6H3. The summed E-state index contributed by atoms with van der Waals surface area (Å²) in [6.45, 7) is 13.3. The number of carbonyl (C=O) groups is 2. The van der Waals surface area contributed by atoms with Crippen molar-refractivity contribution in [2.24, 2.45) is 0 Å². The SMILES string of the molecule is C=CCC(c1cn(C(=O)OC(C)(C)C)c2ccccc12)N(CC=C)C(=O)OC. The predicted octanol–water partition coefficient (Wildman–Crippen LogP) is 5.30. The average molecular weight is 384 g/mol. The molecule has 2 aromatic rings. The molecular weight excluding hydrogens is 356 g/mol. The first-order valence-electron chi connectivity index (χ1n) is 9.13. The summed E-state index contributed by atoms with van der Waals surface area (Å²) >= 11 is 0. The molecule has 2 rings (SSSR count). The molecule has 150 valence electrons. The molecule has 28 heavy (non-hydrogen) atoms. The van der Waals surface area contributed by atoms with Crippen LogP contribution in [0.4, 0.5) is 9.59 Å². The van der Waals surface area contributed by atoms with Gasteiger partial charge in [0, 0.05) is 23.7 Å². The molecule has 0 fully saturated rings. The van der Waals surface area contributed by atoms with Gasteiger partial charge in [0.2, 0.25) is 0 Å². The lowest BCUT2D eigenvalue weighted by Gasteiger charge is -2.29. The topological polar surface area (TPSA) is 60.8 Å². The van der Waals surface area contributed by atoms with Crippen molar-refractivity contribution in [3.8, 4) is 0 Å². The van der Waals surface area contributed by atoms with E-state index in [1.807, 2.05) is 45.0 Å².